The molecular weight excluding hydrogens is 227 g/mol. The molecular formula is C16H19FO. The fourth-order valence-electron chi connectivity index (χ4n) is 5.30. The predicted octanol–water partition coefficient (Wildman–Crippen LogP) is 4.00. The van der Waals surface area contributed by atoms with Gasteiger partial charge in [-0.3, -0.25) is 0 Å². The Morgan fingerprint density at radius 2 is 1.56 bits per heavy atom. The van der Waals surface area contributed by atoms with Crippen molar-refractivity contribution in [1.82, 2.24) is 0 Å². The summed E-state index contributed by atoms with van der Waals surface area (Å²) in [6.07, 6.45) is 7.93. The van der Waals surface area contributed by atoms with Crippen molar-refractivity contribution in [3.63, 3.8) is 0 Å². The van der Waals surface area contributed by atoms with Crippen LogP contribution in [-0.2, 0) is 5.41 Å². The summed E-state index contributed by atoms with van der Waals surface area (Å²) in [5.41, 5.74) is 1.36. The van der Waals surface area contributed by atoms with E-state index < -0.39 is 5.82 Å². The first-order valence-corrected chi connectivity index (χ1v) is 7.14. The highest BCUT2D eigenvalue weighted by Crippen LogP contribution is 2.60. The third kappa shape index (κ3) is 1.44. The van der Waals surface area contributed by atoms with Crippen molar-refractivity contribution in [2.75, 3.05) is 0 Å². The zero-order chi connectivity index (χ0) is 12.3. The number of hydrogen-bond donors (Lipinski definition) is 1. The number of hydrogen-bond acceptors (Lipinski definition) is 1. The molecule has 1 aromatic rings. The minimum atomic E-state index is -0.455. The van der Waals surface area contributed by atoms with Gasteiger partial charge in [0, 0.05) is 0 Å². The van der Waals surface area contributed by atoms with Crippen molar-refractivity contribution in [3.05, 3.63) is 29.6 Å². The Morgan fingerprint density at radius 1 is 1.00 bits per heavy atom. The Balaban J connectivity index is 1.76. The minimum Gasteiger partial charge on any atom is -0.505 e. The van der Waals surface area contributed by atoms with Crippen molar-refractivity contribution < 1.29 is 9.50 Å². The highest BCUT2D eigenvalue weighted by Gasteiger charge is 2.51. The molecule has 5 rings (SSSR count). The average molecular weight is 246 g/mol. The molecule has 4 aliphatic carbocycles. The van der Waals surface area contributed by atoms with Gasteiger partial charge in [-0.1, -0.05) is 6.07 Å². The van der Waals surface area contributed by atoms with E-state index in [9.17, 15) is 9.50 Å². The Morgan fingerprint density at radius 3 is 2.06 bits per heavy atom. The SMILES string of the molecule is Oc1ccc(C23CC4CC(CC(C4)C2)C3)cc1F. The molecule has 4 aliphatic rings. The monoisotopic (exact) mass is 246 g/mol. The second kappa shape index (κ2) is 3.49. The van der Waals surface area contributed by atoms with Crippen LogP contribution in [0.15, 0.2) is 18.2 Å². The van der Waals surface area contributed by atoms with Crippen LogP contribution in [0.3, 0.4) is 0 Å². The number of benzene rings is 1. The van der Waals surface area contributed by atoms with E-state index >= 15 is 0 Å². The number of halogens is 1. The van der Waals surface area contributed by atoms with E-state index in [-0.39, 0.29) is 11.2 Å². The van der Waals surface area contributed by atoms with Gasteiger partial charge in [0.05, 0.1) is 0 Å². The van der Waals surface area contributed by atoms with Crippen molar-refractivity contribution in [2.45, 2.75) is 43.9 Å². The molecule has 1 aromatic carbocycles. The Bertz CT molecular complexity index is 459. The predicted molar refractivity (Wildman–Crippen MR) is 67.9 cm³/mol. The normalized spacial score (nSPS) is 41.3. The summed E-state index contributed by atoms with van der Waals surface area (Å²) < 4.78 is 13.6. The van der Waals surface area contributed by atoms with Crippen LogP contribution in [0.4, 0.5) is 4.39 Å². The molecule has 0 amide bonds. The van der Waals surface area contributed by atoms with Gasteiger partial charge < -0.3 is 5.11 Å². The Kier molecular flexibility index (Phi) is 2.10. The van der Waals surface area contributed by atoms with Crippen LogP contribution in [0.25, 0.3) is 0 Å². The first-order chi connectivity index (χ1) is 8.64. The van der Waals surface area contributed by atoms with Gasteiger partial charge in [-0.05, 0) is 79.4 Å². The fraction of sp³-hybridized carbons (Fsp3) is 0.625. The van der Waals surface area contributed by atoms with Crippen molar-refractivity contribution in [2.24, 2.45) is 17.8 Å². The van der Waals surface area contributed by atoms with Crippen LogP contribution >= 0.6 is 0 Å². The fourth-order valence-corrected chi connectivity index (χ4v) is 5.30. The lowest BCUT2D eigenvalue weighted by Crippen LogP contribution is -2.48. The van der Waals surface area contributed by atoms with E-state index in [1.165, 1.54) is 44.6 Å². The molecule has 4 bridgehead atoms. The smallest absolute Gasteiger partial charge is 0.165 e. The largest absolute Gasteiger partial charge is 0.505 e. The molecule has 18 heavy (non-hydrogen) atoms. The molecule has 4 saturated carbocycles. The van der Waals surface area contributed by atoms with Crippen molar-refractivity contribution >= 4 is 0 Å². The number of aromatic hydroxyl groups is 1. The van der Waals surface area contributed by atoms with Gasteiger partial charge in [0.2, 0.25) is 0 Å². The Hall–Kier alpha value is -1.05. The lowest BCUT2D eigenvalue weighted by molar-refractivity contribution is -0.00533. The van der Waals surface area contributed by atoms with Crippen LogP contribution in [0.1, 0.15) is 44.1 Å². The van der Waals surface area contributed by atoms with Gasteiger partial charge in [-0.15, -0.1) is 0 Å². The first-order valence-electron chi connectivity index (χ1n) is 7.14. The van der Waals surface area contributed by atoms with Crippen LogP contribution in [0, 0.1) is 23.6 Å². The second-order valence-electron chi connectivity index (χ2n) is 6.86. The van der Waals surface area contributed by atoms with Gasteiger partial charge >= 0.3 is 0 Å². The van der Waals surface area contributed by atoms with Crippen LogP contribution in [0.5, 0.6) is 5.75 Å². The van der Waals surface area contributed by atoms with Gasteiger partial charge in [-0.2, -0.15) is 0 Å². The Labute approximate surface area is 107 Å². The van der Waals surface area contributed by atoms with Crippen LogP contribution in [0.2, 0.25) is 0 Å². The highest BCUT2D eigenvalue weighted by molar-refractivity contribution is 5.35. The number of phenols is 1. The maximum Gasteiger partial charge on any atom is 0.165 e. The summed E-state index contributed by atoms with van der Waals surface area (Å²) >= 11 is 0. The van der Waals surface area contributed by atoms with Gasteiger partial charge in [0.15, 0.2) is 11.6 Å². The summed E-state index contributed by atoms with van der Waals surface area (Å²) in [5, 5.41) is 9.35. The van der Waals surface area contributed by atoms with E-state index in [0.717, 1.165) is 23.3 Å². The molecule has 0 aliphatic heterocycles. The van der Waals surface area contributed by atoms with Gasteiger partial charge in [0.25, 0.3) is 0 Å². The molecule has 0 aromatic heterocycles. The molecule has 1 N–H and O–H groups in total. The molecule has 0 unspecified atom stereocenters. The molecule has 0 atom stereocenters. The first kappa shape index (κ1) is 10.8. The molecule has 0 radical (unpaired) electrons. The summed E-state index contributed by atoms with van der Waals surface area (Å²) in [7, 11) is 0. The topological polar surface area (TPSA) is 20.2 Å². The molecule has 0 spiro atoms. The molecule has 96 valence electrons. The van der Waals surface area contributed by atoms with Crippen LogP contribution in [-0.4, -0.2) is 5.11 Å². The van der Waals surface area contributed by atoms with Gasteiger partial charge in [0.1, 0.15) is 0 Å². The lowest BCUT2D eigenvalue weighted by atomic mass is 9.48. The van der Waals surface area contributed by atoms with Crippen LogP contribution < -0.4 is 0 Å². The third-order valence-electron chi connectivity index (χ3n) is 5.60. The maximum atomic E-state index is 13.6. The van der Waals surface area contributed by atoms with Crippen molar-refractivity contribution in [1.29, 1.82) is 0 Å². The minimum absolute atomic E-state index is 0.219. The molecule has 2 heteroatoms. The quantitative estimate of drug-likeness (QED) is 0.794. The summed E-state index contributed by atoms with van der Waals surface area (Å²) in [6.45, 7) is 0. The van der Waals surface area contributed by atoms with Crippen molar-refractivity contribution in [3.8, 4) is 5.75 Å². The summed E-state index contributed by atoms with van der Waals surface area (Å²) in [6, 6.07) is 5.07. The van der Waals surface area contributed by atoms with E-state index in [1.807, 2.05) is 6.07 Å². The standard InChI is InChI=1S/C16H19FO/c17-14-6-13(1-2-15(14)18)16-7-10-3-11(8-16)5-12(4-10)9-16/h1-2,6,10-12,18H,3-5,7-9H2. The average Bonchev–Trinajstić information content (AvgIpc) is 2.31. The van der Waals surface area contributed by atoms with E-state index in [4.69, 9.17) is 0 Å². The van der Waals surface area contributed by atoms with E-state index in [2.05, 4.69) is 0 Å². The highest BCUT2D eigenvalue weighted by atomic mass is 19.1. The number of rotatable bonds is 1. The van der Waals surface area contributed by atoms with E-state index in [0.29, 0.717) is 0 Å². The zero-order valence-electron chi connectivity index (χ0n) is 10.5. The third-order valence-corrected chi connectivity index (χ3v) is 5.60. The molecule has 1 nitrogen and oxygen atoms in total. The maximum absolute atomic E-state index is 13.6. The molecule has 0 heterocycles. The zero-order valence-corrected chi connectivity index (χ0v) is 10.5. The lowest BCUT2D eigenvalue weighted by Gasteiger charge is -2.57. The summed E-state index contributed by atoms with van der Waals surface area (Å²) in [5.74, 6) is 1.93. The molecule has 4 fully saturated rings. The number of phenolic OH excluding ortho intramolecular Hbond substituents is 1. The van der Waals surface area contributed by atoms with Gasteiger partial charge in [-0.25, -0.2) is 4.39 Å². The van der Waals surface area contributed by atoms with E-state index in [1.54, 1.807) is 6.07 Å². The second-order valence-corrected chi connectivity index (χ2v) is 6.86. The molecule has 0 saturated heterocycles. The summed E-state index contributed by atoms with van der Waals surface area (Å²) in [4.78, 5) is 0.